The number of pyridine rings is 1. The Morgan fingerprint density at radius 1 is 1.11 bits per heavy atom. The van der Waals surface area contributed by atoms with Gasteiger partial charge in [-0.3, -0.25) is 0 Å². The van der Waals surface area contributed by atoms with Crippen LogP contribution < -0.4 is 10.6 Å². The number of thiophene rings is 1. The van der Waals surface area contributed by atoms with E-state index in [1.54, 1.807) is 11.3 Å². The van der Waals surface area contributed by atoms with Gasteiger partial charge in [0, 0.05) is 28.6 Å². The SMILES string of the molecule is CNCCNc1nc2ccccc2c2sccc12. The van der Waals surface area contributed by atoms with Gasteiger partial charge in [0.2, 0.25) is 0 Å². The summed E-state index contributed by atoms with van der Waals surface area (Å²) in [6, 6.07) is 10.4. The lowest BCUT2D eigenvalue weighted by Gasteiger charge is -2.08. The van der Waals surface area contributed by atoms with Gasteiger partial charge in [0.25, 0.3) is 0 Å². The molecule has 2 heterocycles. The molecule has 0 aliphatic heterocycles. The molecule has 0 atom stereocenters. The third-order valence-electron chi connectivity index (χ3n) is 2.97. The molecule has 0 spiro atoms. The molecule has 0 unspecified atom stereocenters. The summed E-state index contributed by atoms with van der Waals surface area (Å²) in [7, 11) is 1.95. The van der Waals surface area contributed by atoms with Gasteiger partial charge in [-0.1, -0.05) is 18.2 Å². The number of nitrogens with zero attached hydrogens (tertiary/aromatic N) is 1. The van der Waals surface area contributed by atoms with Gasteiger partial charge in [0.1, 0.15) is 5.82 Å². The van der Waals surface area contributed by atoms with Crippen LogP contribution in [0.1, 0.15) is 0 Å². The zero-order valence-electron chi connectivity index (χ0n) is 10.2. The first-order chi connectivity index (χ1) is 8.90. The van der Waals surface area contributed by atoms with Crippen molar-refractivity contribution in [3.63, 3.8) is 0 Å². The highest BCUT2D eigenvalue weighted by atomic mass is 32.1. The van der Waals surface area contributed by atoms with Crippen LogP contribution in [0.5, 0.6) is 0 Å². The van der Waals surface area contributed by atoms with E-state index in [1.165, 1.54) is 15.5 Å². The third kappa shape index (κ3) is 1.94. The van der Waals surface area contributed by atoms with Crippen LogP contribution in [0.15, 0.2) is 35.7 Å². The number of likely N-dealkylation sites (N-methyl/N-ethyl adjacent to an activating group) is 1. The quantitative estimate of drug-likeness (QED) is 0.705. The summed E-state index contributed by atoms with van der Waals surface area (Å²) < 4.78 is 1.31. The molecule has 2 N–H and O–H groups in total. The maximum Gasteiger partial charge on any atom is 0.135 e. The van der Waals surface area contributed by atoms with Gasteiger partial charge >= 0.3 is 0 Å². The predicted molar refractivity (Wildman–Crippen MR) is 79.5 cm³/mol. The molecule has 1 aromatic carbocycles. The first-order valence-corrected chi connectivity index (χ1v) is 6.92. The fourth-order valence-electron chi connectivity index (χ4n) is 2.09. The van der Waals surface area contributed by atoms with Crippen LogP contribution >= 0.6 is 11.3 Å². The normalized spacial score (nSPS) is 11.2. The van der Waals surface area contributed by atoms with Gasteiger partial charge in [0.05, 0.1) is 5.52 Å². The lowest BCUT2D eigenvalue weighted by Crippen LogP contribution is -2.18. The summed E-state index contributed by atoms with van der Waals surface area (Å²) in [4.78, 5) is 4.72. The highest BCUT2D eigenvalue weighted by Crippen LogP contribution is 2.32. The predicted octanol–water partition coefficient (Wildman–Crippen LogP) is 3.08. The fourth-order valence-corrected chi connectivity index (χ4v) is 3.02. The number of rotatable bonds is 4. The molecule has 3 nitrogen and oxygen atoms in total. The van der Waals surface area contributed by atoms with E-state index in [0.717, 1.165) is 24.4 Å². The summed E-state index contributed by atoms with van der Waals surface area (Å²) in [6.45, 7) is 1.81. The van der Waals surface area contributed by atoms with Gasteiger partial charge < -0.3 is 10.6 Å². The Morgan fingerprint density at radius 2 is 2.00 bits per heavy atom. The van der Waals surface area contributed by atoms with Gasteiger partial charge in [0.15, 0.2) is 0 Å². The van der Waals surface area contributed by atoms with Crippen LogP contribution in [0.25, 0.3) is 21.0 Å². The molecular formula is C14H15N3S. The molecule has 2 aromatic heterocycles. The van der Waals surface area contributed by atoms with Crippen LogP contribution in [0, 0.1) is 0 Å². The van der Waals surface area contributed by atoms with Crippen molar-refractivity contribution in [1.29, 1.82) is 0 Å². The highest BCUT2D eigenvalue weighted by molar-refractivity contribution is 7.18. The van der Waals surface area contributed by atoms with E-state index in [9.17, 15) is 0 Å². The number of anilines is 1. The smallest absolute Gasteiger partial charge is 0.135 e. The van der Waals surface area contributed by atoms with E-state index in [2.05, 4.69) is 40.3 Å². The van der Waals surface area contributed by atoms with Crippen molar-refractivity contribution in [1.82, 2.24) is 10.3 Å². The molecule has 0 amide bonds. The zero-order chi connectivity index (χ0) is 12.4. The summed E-state index contributed by atoms with van der Waals surface area (Å²) in [6.07, 6.45) is 0. The Balaban J connectivity index is 2.13. The molecule has 0 aliphatic rings. The standard InChI is InChI=1S/C14H15N3S/c1-15-7-8-16-14-11-6-9-18-13(11)10-4-2-3-5-12(10)17-14/h2-6,9,15H,7-8H2,1H3,(H,16,17). The minimum atomic E-state index is 0.882. The number of benzene rings is 1. The summed E-state index contributed by atoms with van der Waals surface area (Å²) >= 11 is 1.77. The topological polar surface area (TPSA) is 37.0 Å². The van der Waals surface area contributed by atoms with E-state index in [4.69, 9.17) is 4.98 Å². The molecule has 3 rings (SSSR count). The minimum Gasteiger partial charge on any atom is -0.368 e. The zero-order valence-corrected chi connectivity index (χ0v) is 11.1. The van der Waals surface area contributed by atoms with E-state index in [-0.39, 0.29) is 0 Å². The van der Waals surface area contributed by atoms with E-state index in [0.29, 0.717) is 0 Å². The van der Waals surface area contributed by atoms with Gasteiger partial charge in [-0.2, -0.15) is 0 Å². The lowest BCUT2D eigenvalue weighted by atomic mass is 10.2. The van der Waals surface area contributed by atoms with Crippen LogP contribution in [0.2, 0.25) is 0 Å². The average molecular weight is 257 g/mol. The van der Waals surface area contributed by atoms with E-state index < -0.39 is 0 Å². The molecule has 92 valence electrons. The monoisotopic (exact) mass is 257 g/mol. The van der Waals surface area contributed by atoms with Crippen molar-refractivity contribution in [3.05, 3.63) is 35.7 Å². The maximum absolute atomic E-state index is 4.72. The van der Waals surface area contributed by atoms with Crippen LogP contribution in [-0.2, 0) is 0 Å². The number of para-hydroxylation sites is 1. The Bertz CT molecular complexity index is 675. The first kappa shape index (κ1) is 11.4. The number of fused-ring (bicyclic) bond motifs is 3. The van der Waals surface area contributed by atoms with Gasteiger partial charge in [-0.15, -0.1) is 11.3 Å². The number of aromatic nitrogens is 1. The van der Waals surface area contributed by atoms with Crippen LogP contribution in [0.4, 0.5) is 5.82 Å². The molecule has 0 radical (unpaired) electrons. The van der Waals surface area contributed by atoms with Crippen LogP contribution in [0.3, 0.4) is 0 Å². The third-order valence-corrected chi connectivity index (χ3v) is 3.92. The number of nitrogens with one attached hydrogen (secondary N) is 2. The molecule has 0 saturated heterocycles. The molecule has 4 heteroatoms. The largest absolute Gasteiger partial charge is 0.368 e. The fraction of sp³-hybridized carbons (Fsp3) is 0.214. The Hall–Kier alpha value is -1.65. The minimum absolute atomic E-state index is 0.882. The second kappa shape index (κ2) is 4.92. The highest BCUT2D eigenvalue weighted by Gasteiger charge is 2.08. The molecule has 0 fully saturated rings. The lowest BCUT2D eigenvalue weighted by molar-refractivity contribution is 0.822. The number of hydrogen-bond acceptors (Lipinski definition) is 4. The second-order valence-corrected chi connectivity index (χ2v) is 5.09. The Morgan fingerprint density at radius 3 is 2.89 bits per heavy atom. The van der Waals surface area contributed by atoms with Crippen LogP contribution in [-0.4, -0.2) is 25.1 Å². The molecule has 0 aliphatic carbocycles. The summed E-state index contributed by atoms with van der Waals surface area (Å²) in [5, 5.41) is 11.1. The van der Waals surface area contributed by atoms with Crippen molar-refractivity contribution in [3.8, 4) is 0 Å². The average Bonchev–Trinajstić information content (AvgIpc) is 2.89. The first-order valence-electron chi connectivity index (χ1n) is 6.04. The maximum atomic E-state index is 4.72. The van der Waals surface area contributed by atoms with Gasteiger partial charge in [-0.05, 0) is 24.6 Å². The van der Waals surface area contributed by atoms with Crippen molar-refractivity contribution >= 4 is 38.1 Å². The molecule has 0 bridgehead atoms. The molecule has 0 saturated carbocycles. The molecule has 3 aromatic rings. The molecule has 18 heavy (non-hydrogen) atoms. The number of hydrogen-bond donors (Lipinski definition) is 2. The van der Waals surface area contributed by atoms with E-state index in [1.807, 2.05) is 13.1 Å². The van der Waals surface area contributed by atoms with Crippen molar-refractivity contribution in [2.75, 3.05) is 25.5 Å². The second-order valence-electron chi connectivity index (χ2n) is 4.17. The van der Waals surface area contributed by atoms with Crippen molar-refractivity contribution < 1.29 is 0 Å². The van der Waals surface area contributed by atoms with E-state index >= 15 is 0 Å². The Labute approximate surface area is 110 Å². The van der Waals surface area contributed by atoms with Crippen molar-refractivity contribution in [2.24, 2.45) is 0 Å². The molecular weight excluding hydrogens is 242 g/mol. The Kier molecular flexibility index (Phi) is 3.13. The van der Waals surface area contributed by atoms with Gasteiger partial charge in [-0.25, -0.2) is 4.98 Å². The summed E-state index contributed by atoms with van der Waals surface area (Å²) in [5.74, 6) is 0.986. The van der Waals surface area contributed by atoms with Crippen molar-refractivity contribution in [2.45, 2.75) is 0 Å². The summed E-state index contributed by atoms with van der Waals surface area (Å²) in [5.41, 5.74) is 1.06.